The van der Waals surface area contributed by atoms with Gasteiger partial charge in [0.1, 0.15) is 11.9 Å². The van der Waals surface area contributed by atoms with Crippen molar-refractivity contribution < 1.29 is 14.3 Å². The van der Waals surface area contributed by atoms with E-state index >= 15 is 0 Å². The van der Waals surface area contributed by atoms with Gasteiger partial charge in [-0.1, -0.05) is 17.3 Å². The zero-order chi connectivity index (χ0) is 21.2. The Labute approximate surface area is 186 Å². The van der Waals surface area contributed by atoms with Crippen molar-refractivity contribution in [1.29, 1.82) is 0 Å². The molecule has 0 spiro atoms. The minimum atomic E-state index is 0.0785. The summed E-state index contributed by atoms with van der Waals surface area (Å²) >= 11 is 1.58. The van der Waals surface area contributed by atoms with Crippen molar-refractivity contribution in [3.05, 3.63) is 48.0 Å². The van der Waals surface area contributed by atoms with Gasteiger partial charge in [0.05, 0.1) is 24.6 Å². The van der Waals surface area contributed by atoms with Crippen molar-refractivity contribution in [2.45, 2.75) is 12.5 Å². The summed E-state index contributed by atoms with van der Waals surface area (Å²) in [5.74, 6) is 2.54. The number of piperazine rings is 1. The normalized spacial score (nSPS) is 19.4. The van der Waals surface area contributed by atoms with Crippen LogP contribution in [0, 0.1) is 0 Å². The van der Waals surface area contributed by atoms with Crippen molar-refractivity contribution in [3.8, 4) is 11.5 Å². The van der Waals surface area contributed by atoms with Crippen LogP contribution in [0.4, 0.5) is 5.82 Å². The highest BCUT2D eigenvalue weighted by Gasteiger charge is 2.28. The van der Waals surface area contributed by atoms with Gasteiger partial charge in [0, 0.05) is 50.1 Å². The minimum absolute atomic E-state index is 0.0785. The van der Waals surface area contributed by atoms with Gasteiger partial charge in [-0.25, -0.2) is 0 Å². The Kier molecular flexibility index (Phi) is 5.65. The average Bonchev–Trinajstić information content (AvgIpc) is 3.46. The number of aromatic nitrogens is 1. The topological polar surface area (TPSA) is 59.4 Å². The molecule has 31 heavy (non-hydrogen) atoms. The highest BCUT2D eigenvalue weighted by atomic mass is 32.1. The van der Waals surface area contributed by atoms with Crippen molar-refractivity contribution >= 4 is 33.1 Å². The maximum absolute atomic E-state index is 5.76. The molecule has 2 aliphatic heterocycles. The largest absolute Gasteiger partial charge is 0.493 e. The van der Waals surface area contributed by atoms with Crippen molar-refractivity contribution in [2.24, 2.45) is 5.16 Å². The molecule has 3 heterocycles. The Morgan fingerprint density at radius 3 is 2.65 bits per heavy atom. The molecule has 0 amide bonds. The van der Waals surface area contributed by atoms with Crippen LogP contribution in [-0.4, -0.2) is 68.0 Å². The molecular formula is C23H26N4O3S. The molecule has 7 nitrogen and oxygen atoms in total. The zero-order valence-electron chi connectivity index (χ0n) is 17.8. The van der Waals surface area contributed by atoms with Crippen molar-refractivity contribution in [1.82, 2.24) is 9.27 Å². The molecule has 8 heteroatoms. The monoisotopic (exact) mass is 438 g/mol. The summed E-state index contributed by atoms with van der Waals surface area (Å²) in [6.45, 7) is 4.83. The van der Waals surface area contributed by atoms with Gasteiger partial charge >= 0.3 is 0 Å². The fourth-order valence-electron chi connectivity index (χ4n) is 4.24. The Hall–Kier alpha value is -2.84. The standard InChI is InChI=1S/C23H26N4O3S/c1-28-20-8-7-16(13-21(20)29-2)19-14-17(30-24-19)15-26-9-11-27(12-10-26)23-18-5-3-4-6-22(18)31-25-23/h3-8,13,17H,9-12,14-15H2,1-2H3. The lowest BCUT2D eigenvalue weighted by Crippen LogP contribution is -2.48. The fraction of sp³-hybridized carbons (Fsp3) is 0.391. The van der Waals surface area contributed by atoms with Crippen LogP contribution in [0.2, 0.25) is 0 Å². The second kappa shape index (κ2) is 8.72. The van der Waals surface area contributed by atoms with E-state index in [9.17, 15) is 0 Å². The number of rotatable bonds is 6. The van der Waals surface area contributed by atoms with Gasteiger partial charge in [0.25, 0.3) is 0 Å². The second-order valence-electron chi connectivity index (χ2n) is 7.83. The van der Waals surface area contributed by atoms with Gasteiger partial charge in [-0.05, 0) is 41.9 Å². The van der Waals surface area contributed by atoms with Crippen LogP contribution < -0.4 is 14.4 Å². The molecule has 2 aromatic carbocycles. The molecule has 3 aromatic rings. The first-order valence-electron chi connectivity index (χ1n) is 10.5. The second-order valence-corrected chi connectivity index (χ2v) is 8.63. The smallest absolute Gasteiger partial charge is 0.161 e. The number of nitrogens with zero attached hydrogens (tertiary/aromatic N) is 4. The molecular weight excluding hydrogens is 412 g/mol. The van der Waals surface area contributed by atoms with Crippen LogP contribution in [0.1, 0.15) is 12.0 Å². The molecule has 2 aliphatic rings. The maximum atomic E-state index is 5.76. The molecule has 0 N–H and O–H groups in total. The van der Waals surface area contributed by atoms with Crippen LogP contribution >= 0.6 is 11.5 Å². The first-order valence-corrected chi connectivity index (χ1v) is 11.3. The third kappa shape index (κ3) is 4.05. The zero-order valence-corrected chi connectivity index (χ0v) is 18.6. The number of oxime groups is 1. The van der Waals surface area contributed by atoms with Gasteiger partial charge in [-0.3, -0.25) is 4.90 Å². The van der Waals surface area contributed by atoms with E-state index in [0.717, 1.165) is 56.2 Å². The summed E-state index contributed by atoms with van der Waals surface area (Å²) in [4.78, 5) is 10.6. The van der Waals surface area contributed by atoms with Crippen molar-refractivity contribution in [3.63, 3.8) is 0 Å². The lowest BCUT2D eigenvalue weighted by Gasteiger charge is -2.35. The van der Waals surface area contributed by atoms with E-state index in [1.807, 2.05) is 18.2 Å². The minimum Gasteiger partial charge on any atom is -0.493 e. The number of fused-ring (bicyclic) bond motifs is 1. The predicted octanol–water partition coefficient (Wildman–Crippen LogP) is 3.63. The summed E-state index contributed by atoms with van der Waals surface area (Å²) < 4.78 is 16.7. The SMILES string of the molecule is COc1ccc(C2=NOC(CN3CCN(c4nsc5ccccc45)CC3)C2)cc1OC. The highest BCUT2D eigenvalue weighted by Crippen LogP contribution is 2.31. The van der Waals surface area contributed by atoms with Crippen LogP contribution in [0.3, 0.4) is 0 Å². The van der Waals surface area contributed by atoms with Crippen LogP contribution in [0.25, 0.3) is 10.1 Å². The number of hydrogen-bond acceptors (Lipinski definition) is 8. The highest BCUT2D eigenvalue weighted by molar-refractivity contribution is 7.13. The third-order valence-electron chi connectivity index (χ3n) is 5.94. The van der Waals surface area contributed by atoms with E-state index in [0.29, 0.717) is 11.5 Å². The fourth-order valence-corrected chi connectivity index (χ4v) is 5.04. The molecule has 162 valence electrons. The molecule has 1 atom stereocenters. The number of anilines is 1. The quantitative estimate of drug-likeness (QED) is 0.586. The molecule has 1 aromatic heterocycles. The van der Waals surface area contributed by atoms with Gasteiger partial charge < -0.3 is 19.2 Å². The first-order chi connectivity index (χ1) is 15.2. The van der Waals surface area contributed by atoms with E-state index in [4.69, 9.17) is 18.7 Å². The van der Waals surface area contributed by atoms with E-state index in [2.05, 4.69) is 39.2 Å². The summed E-state index contributed by atoms with van der Waals surface area (Å²) in [6, 6.07) is 14.3. The Morgan fingerprint density at radius 1 is 1.03 bits per heavy atom. The number of benzene rings is 2. The average molecular weight is 439 g/mol. The molecule has 0 radical (unpaired) electrons. The van der Waals surface area contributed by atoms with E-state index in [1.165, 1.54) is 10.1 Å². The number of hydrogen-bond donors (Lipinski definition) is 0. The Morgan fingerprint density at radius 2 is 1.84 bits per heavy atom. The van der Waals surface area contributed by atoms with E-state index in [-0.39, 0.29) is 6.10 Å². The Balaban J connectivity index is 1.16. The lowest BCUT2D eigenvalue weighted by atomic mass is 10.0. The lowest BCUT2D eigenvalue weighted by molar-refractivity contribution is 0.0510. The summed E-state index contributed by atoms with van der Waals surface area (Å²) in [6.07, 6.45) is 0.877. The molecule has 0 bridgehead atoms. The molecule has 0 saturated carbocycles. The van der Waals surface area contributed by atoms with Gasteiger partial charge in [0.2, 0.25) is 0 Å². The summed E-state index contributed by atoms with van der Waals surface area (Å²) in [5.41, 5.74) is 1.97. The molecule has 0 aliphatic carbocycles. The first kappa shape index (κ1) is 20.1. The van der Waals surface area contributed by atoms with Crippen LogP contribution in [-0.2, 0) is 4.84 Å². The number of methoxy groups -OCH3 is 2. The molecule has 1 fully saturated rings. The van der Waals surface area contributed by atoms with E-state index in [1.54, 1.807) is 25.8 Å². The van der Waals surface area contributed by atoms with Crippen molar-refractivity contribution in [2.75, 3.05) is 51.8 Å². The maximum Gasteiger partial charge on any atom is 0.161 e. The van der Waals surface area contributed by atoms with Crippen LogP contribution in [0.15, 0.2) is 47.6 Å². The molecule has 1 saturated heterocycles. The van der Waals surface area contributed by atoms with E-state index < -0.39 is 0 Å². The third-order valence-corrected chi connectivity index (χ3v) is 6.76. The predicted molar refractivity (Wildman–Crippen MR) is 124 cm³/mol. The Bertz CT molecular complexity index is 1090. The van der Waals surface area contributed by atoms with Crippen LogP contribution in [0.5, 0.6) is 11.5 Å². The number of ether oxygens (including phenoxy) is 2. The summed E-state index contributed by atoms with van der Waals surface area (Å²) in [5, 5.41) is 5.61. The molecule has 5 rings (SSSR count). The van der Waals surface area contributed by atoms with Gasteiger partial charge in [-0.15, -0.1) is 0 Å². The van der Waals surface area contributed by atoms with Gasteiger partial charge in [0.15, 0.2) is 11.5 Å². The van der Waals surface area contributed by atoms with Gasteiger partial charge in [-0.2, -0.15) is 4.37 Å². The molecule has 1 unspecified atom stereocenters. The summed E-state index contributed by atoms with van der Waals surface area (Å²) in [7, 11) is 3.28.